The van der Waals surface area contributed by atoms with E-state index in [1.54, 1.807) is 54.5 Å². The number of amides is 2. The van der Waals surface area contributed by atoms with E-state index < -0.39 is 10.0 Å². The van der Waals surface area contributed by atoms with Crippen LogP contribution < -0.4 is 19.3 Å². The highest BCUT2D eigenvalue weighted by molar-refractivity contribution is 7.93. The molecule has 2 aliphatic heterocycles. The van der Waals surface area contributed by atoms with Crippen molar-refractivity contribution in [3.8, 4) is 5.75 Å². The first kappa shape index (κ1) is 21.2. The predicted molar refractivity (Wildman–Crippen MR) is 119 cm³/mol. The van der Waals surface area contributed by atoms with Crippen molar-refractivity contribution in [2.75, 3.05) is 40.5 Å². The summed E-state index contributed by atoms with van der Waals surface area (Å²) in [5, 5.41) is 2.84. The van der Waals surface area contributed by atoms with Crippen molar-refractivity contribution >= 4 is 38.9 Å². The lowest BCUT2D eigenvalue weighted by Crippen LogP contribution is -2.35. The first-order chi connectivity index (χ1) is 14.9. The standard InChI is InChI=1S/C22H25N3O5S/c1-30-20-11-8-17(15-19(20)24-12-3-2-5-21(24)26)23-22(27)16-6-9-18(10-7-16)25-13-4-14-31(25,28)29/h6-11,15H,2-5,12-14H2,1H3,(H,23,27). The molecule has 0 bridgehead atoms. The van der Waals surface area contributed by atoms with Crippen LogP contribution in [0.5, 0.6) is 5.75 Å². The molecule has 0 atom stereocenters. The van der Waals surface area contributed by atoms with Gasteiger partial charge in [0.1, 0.15) is 5.75 Å². The molecule has 2 aliphatic rings. The van der Waals surface area contributed by atoms with Crippen LogP contribution in [0.1, 0.15) is 36.0 Å². The molecule has 164 valence electrons. The van der Waals surface area contributed by atoms with Gasteiger partial charge in [0.2, 0.25) is 15.9 Å². The van der Waals surface area contributed by atoms with Crippen LogP contribution in [-0.2, 0) is 14.8 Å². The third-order valence-corrected chi connectivity index (χ3v) is 7.44. The summed E-state index contributed by atoms with van der Waals surface area (Å²) < 4.78 is 30.9. The fraction of sp³-hybridized carbons (Fsp3) is 0.364. The lowest BCUT2D eigenvalue weighted by Gasteiger charge is -2.28. The largest absolute Gasteiger partial charge is 0.495 e. The fourth-order valence-corrected chi connectivity index (χ4v) is 5.52. The van der Waals surface area contributed by atoms with E-state index in [1.165, 1.54) is 4.31 Å². The lowest BCUT2D eigenvalue weighted by molar-refractivity contribution is -0.119. The maximum Gasteiger partial charge on any atom is 0.255 e. The minimum Gasteiger partial charge on any atom is -0.495 e. The summed E-state index contributed by atoms with van der Waals surface area (Å²) in [5.41, 5.74) is 2.15. The van der Waals surface area contributed by atoms with Crippen LogP contribution in [0.3, 0.4) is 0 Å². The number of carbonyl (C=O) groups excluding carboxylic acids is 2. The van der Waals surface area contributed by atoms with Gasteiger partial charge in [0.25, 0.3) is 5.91 Å². The second-order valence-corrected chi connectivity index (χ2v) is 9.64. The molecule has 2 aromatic rings. The average molecular weight is 444 g/mol. The molecule has 2 amide bonds. The molecule has 8 nitrogen and oxygen atoms in total. The minimum absolute atomic E-state index is 0.0421. The van der Waals surface area contributed by atoms with Crippen LogP contribution in [-0.4, -0.2) is 46.2 Å². The van der Waals surface area contributed by atoms with Crippen LogP contribution in [0.25, 0.3) is 0 Å². The van der Waals surface area contributed by atoms with Gasteiger partial charge in [-0.05, 0) is 61.7 Å². The number of sulfonamides is 1. The third kappa shape index (κ3) is 4.36. The molecule has 2 saturated heterocycles. The van der Waals surface area contributed by atoms with Crippen molar-refractivity contribution < 1.29 is 22.7 Å². The second-order valence-electron chi connectivity index (χ2n) is 7.63. The predicted octanol–water partition coefficient (Wildman–Crippen LogP) is 3.00. The number of benzene rings is 2. The number of nitrogens with one attached hydrogen (secondary N) is 1. The normalized spacial score (nSPS) is 18.2. The van der Waals surface area contributed by atoms with Crippen LogP contribution in [0.15, 0.2) is 42.5 Å². The van der Waals surface area contributed by atoms with Gasteiger partial charge < -0.3 is 15.0 Å². The molecule has 2 heterocycles. The van der Waals surface area contributed by atoms with E-state index in [1.807, 2.05) is 0 Å². The Morgan fingerprint density at radius 1 is 1.03 bits per heavy atom. The SMILES string of the molecule is COc1ccc(NC(=O)c2ccc(N3CCCS3(=O)=O)cc2)cc1N1CCCCC1=O. The lowest BCUT2D eigenvalue weighted by atomic mass is 10.1. The van der Waals surface area contributed by atoms with E-state index in [2.05, 4.69) is 5.32 Å². The summed E-state index contributed by atoms with van der Waals surface area (Å²) >= 11 is 0. The zero-order valence-electron chi connectivity index (χ0n) is 17.3. The average Bonchev–Trinajstić information content (AvgIpc) is 3.13. The quantitative estimate of drug-likeness (QED) is 0.766. The Morgan fingerprint density at radius 2 is 1.81 bits per heavy atom. The van der Waals surface area contributed by atoms with Gasteiger partial charge >= 0.3 is 0 Å². The Morgan fingerprint density at radius 3 is 2.45 bits per heavy atom. The van der Waals surface area contributed by atoms with E-state index in [0.717, 1.165) is 12.8 Å². The smallest absolute Gasteiger partial charge is 0.255 e. The molecule has 2 aromatic carbocycles. The topological polar surface area (TPSA) is 96.0 Å². The summed E-state index contributed by atoms with van der Waals surface area (Å²) in [6.07, 6.45) is 2.90. The Labute approximate surface area is 181 Å². The molecule has 9 heteroatoms. The van der Waals surface area contributed by atoms with Gasteiger partial charge in [0.05, 0.1) is 24.2 Å². The van der Waals surface area contributed by atoms with Gasteiger partial charge in [-0.1, -0.05) is 0 Å². The van der Waals surface area contributed by atoms with E-state index in [-0.39, 0.29) is 17.6 Å². The van der Waals surface area contributed by atoms with Gasteiger partial charge in [-0.15, -0.1) is 0 Å². The number of ether oxygens (including phenoxy) is 1. The highest BCUT2D eigenvalue weighted by atomic mass is 32.2. The van der Waals surface area contributed by atoms with E-state index >= 15 is 0 Å². The minimum atomic E-state index is -3.26. The number of methoxy groups -OCH3 is 1. The summed E-state index contributed by atoms with van der Waals surface area (Å²) in [7, 11) is -1.71. The number of piperidine rings is 1. The van der Waals surface area contributed by atoms with Gasteiger partial charge in [0, 0.05) is 30.8 Å². The maximum absolute atomic E-state index is 12.7. The molecule has 0 spiro atoms. The zero-order valence-corrected chi connectivity index (χ0v) is 18.2. The first-order valence-electron chi connectivity index (χ1n) is 10.3. The van der Waals surface area contributed by atoms with Crippen molar-refractivity contribution in [1.29, 1.82) is 0 Å². The van der Waals surface area contributed by atoms with Gasteiger partial charge in [-0.25, -0.2) is 8.42 Å². The number of hydrogen-bond acceptors (Lipinski definition) is 5. The van der Waals surface area contributed by atoms with Gasteiger partial charge in [-0.3, -0.25) is 13.9 Å². The van der Waals surface area contributed by atoms with Gasteiger partial charge in [0.15, 0.2) is 0 Å². The van der Waals surface area contributed by atoms with E-state index in [4.69, 9.17) is 4.74 Å². The molecule has 0 aliphatic carbocycles. The van der Waals surface area contributed by atoms with Crippen LogP contribution >= 0.6 is 0 Å². The van der Waals surface area contributed by atoms with Crippen molar-refractivity contribution in [3.05, 3.63) is 48.0 Å². The molecular formula is C22H25N3O5S. The number of anilines is 3. The summed E-state index contributed by atoms with van der Waals surface area (Å²) in [6.45, 7) is 1.07. The molecule has 0 saturated carbocycles. The summed E-state index contributed by atoms with van der Waals surface area (Å²) in [6, 6.07) is 11.7. The molecule has 1 N–H and O–H groups in total. The Kier molecular flexibility index (Phi) is 5.86. The molecular weight excluding hydrogens is 418 g/mol. The highest BCUT2D eigenvalue weighted by Gasteiger charge is 2.28. The molecule has 0 radical (unpaired) electrons. The third-order valence-electron chi connectivity index (χ3n) is 5.57. The van der Waals surface area contributed by atoms with Gasteiger partial charge in [-0.2, -0.15) is 0 Å². The molecule has 0 unspecified atom stereocenters. The zero-order chi connectivity index (χ0) is 22.0. The molecule has 0 aromatic heterocycles. The van der Waals surface area contributed by atoms with Crippen molar-refractivity contribution in [2.24, 2.45) is 0 Å². The monoisotopic (exact) mass is 443 g/mol. The molecule has 4 rings (SSSR count). The first-order valence-corrected chi connectivity index (χ1v) is 11.9. The molecule has 2 fully saturated rings. The van der Waals surface area contributed by atoms with Crippen molar-refractivity contribution in [1.82, 2.24) is 0 Å². The van der Waals surface area contributed by atoms with Crippen LogP contribution in [0.2, 0.25) is 0 Å². The van der Waals surface area contributed by atoms with Crippen LogP contribution in [0.4, 0.5) is 17.1 Å². The summed E-state index contributed by atoms with van der Waals surface area (Å²) in [5.74, 6) is 0.441. The summed E-state index contributed by atoms with van der Waals surface area (Å²) in [4.78, 5) is 26.8. The number of hydrogen-bond donors (Lipinski definition) is 1. The number of rotatable bonds is 5. The number of carbonyl (C=O) groups is 2. The second kappa shape index (κ2) is 8.58. The Balaban J connectivity index is 1.52. The fourth-order valence-electron chi connectivity index (χ4n) is 3.95. The highest BCUT2D eigenvalue weighted by Crippen LogP contribution is 2.34. The molecule has 31 heavy (non-hydrogen) atoms. The van der Waals surface area contributed by atoms with Crippen molar-refractivity contribution in [2.45, 2.75) is 25.7 Å². The van der Waals surface area contributed by atoms with Crippen molar-refractivity contribution in [3.63, 3.8) is 0 Å². The maximum atomic E-state index is 12.7. The number of nitrogens with zero attached hydrogens (tertiary/aromatic N) is 2. The Hall–Kier alpha value is -3.07. The van der Waals surface area contributed by atoms with E-state index in [0.29, 0.717) is 54.3 Å². The Bertz CT molecular complexity index is 1100. The van der Waals surface area contributed by atoms with E-state index in [9.17, 15) is 18.0 Å². The van der Waals surface area contributed by atoms with Crippen LogP contribution in [0, 0.1) is 0 Å².